The van der Waals surface area contributed by atoms with Crippen molar-refractivity contribution in [3.63, 3.8) is 0 Å². The van der Waals surface area contributed by atoms with Gasteiger partial charge in [0.25, 0.3) is 0 Å². The first-order valence-corrected chi connectivity index (χ1v) is 9.19. The second-order valence-corrected chi connectivity index (χ2v) is 8.78. The molecule has 1 unspecified atom stereocenters. The number of aryl methyl sites for hydroxylation is 2. The molecule has 2 heterocycles. The molecule has 0 aromatic carbocycles. The third-order valence-electron chi connectivity index (χ3n) is 2.76. The molecule has 0 aliphatic rings. The number of nitrogens with two attached hydrogens (primary N) is 1. The maximum atomic E-state index is 12.4. The number of nitrogens with one attached hydrogen (secondary N) is 1. The Balaban J connectivity index is 2.24. The molecule has 0 saturated carbocycles. The van der Waals surface area contributed by atoms with Crippen molar-refractivity contribution >= 4 is 32.7 Å². The van der Waals surface area contributed by atoms with Crippen LogP contribution in [-0.4, -0.2) is 13.4 Å². The Morgan fingerprint density at radius 3 is 2.60 bits per heavy atom. The molecule has 0 saturated heterocycles. The number of hydrogen-bond donors (Lipinski definition) is 2. The summed E-state index contributed by atoms with van der Waals surface area (Å²) in [6.45, 7) is 5.87. The van der Waals surface area contributed by atoms with Crippen LogP contribution in [0.1, 0.15) is 32.6 Å². The molecule has 0 bridgehead atoms. The minimum Gasteiger partial charge on any atom is -0.326 e. The van der Waals surface area contributed by atoms with Crippen LogP contribution in [0.3, 0.4) is 0 Å². The lowest BCUT2D eigenvalue weighted by atomic mass is 10.4. The standard InChI is InChI=1S/C12H17N3O2S3/c1-7-6-14-12(18-7)8(2)15-20(16,17)11-4-10(5-13)19-9(11)3/h4,6,8,15H,5,13H2,1-3H3. The summed E-state index contributed by atoms with van der Waals surface area (Å²) in [5.41, 5.74) is 5.56. The zero-order valence-corrected chi connectivity index (χ0v) is 14.0. The van der Waals surface area contributed by atoms with Crippen molar-refractivity contribution in [2.24, 2.45) is 5.73 Å². The maximum Gasteiger partial charge on any atom is 0.242 e. The molecule has 0 radical (unpaired) electrons. The smallest absolute Gasteiger partial charge is 0.242 e. The van der Waals surface area contributed by atoms with Gasteiger partial charge in [0.1, 0.15) is 5.01 Å². The number of thiophene rings is 1. The summed E-state index contributed by atoms with van der Waals surface area (Å²) < 4.78 is 27.5. The van der Waals surface area contributed by atoms with Gasteiger partial charge in [0, 0.05) is 27.4 Å². The highest BCUT2D eigenvalue weighted by atomic mass is 32.2. The van der Waals surface area contributed by atoms with Crippen LogP contribution in [0.2, 0.25) is 0 Å². The Labute approximate surface area is 126 Å². The lowest BCUT2D eigenvalue weighted by molar-refractivity contribution is 0.566. The molecule has 1 atom stereocenters. The Morgan fingerprint density at radius 2 is 2.10 bits per heavy atom. The monoisotopic (exact) mass is 331 g/mol. The maximum absolute atomic E-state index is 12.4. The van der Waals surface area contributed by atoms with Gasteiger partial charge in [0.2, 0.25) is 10.0 Å². The molecule has 0 aliphatic heterocycles. The Kier molecular flexibility index (Phi) is 4.60. The van der Waals surface area contributed by atoms with E-state index < -0.39 is 10.0 Å². The molecule has 0 fully saturated rings. The number of nitrogens with zero attached hydrogens (tertiary/aromatic N) is 1. The fourth-order valence-corrected chi connectivity index (χ4v) is 5.38. The van der Waals surface area contributed by atoms with E-state index in [1.807, 2.05) is 6.92 Å². The van der Waals surface area contributed by atoms with E-state index in [-0.39, 0.29) is 6.04 Å². The summed E-state index contributed by atoms with van der Waals surface area (Å²) >= 11 is 2.90. The van der Waals surface area contributed by atoms with Crippen molar-refractivity contribution in [2.45, 2.75) is 38.3 Å². The van der Waals surface area contributed by atoms with E-state index in [1.54, 1.807) is 26.1 Å². The van der Waals surface area contributed by atoms with Crippen molar-refractivity contribution in [3.05, 3.63) is 31.9 Å². The summed E-state index contributed by atoms with van der Waals surface area (Å²) in [6, 6.07) is 1.29. The molecule has 2 aromatic heterocycles. The first-order valence-electron chi connectivity index (χ1n) is 6.07. The van der Waals surface area contributed by atoms with Crippen LogP contribution in [0.25, 0.3) is 0 Å². The number of sulfonamides is 1. The topological polar surface area (TPSA) is 85.1 Å². The number of aromatic nitrogens is 1. The van der Waals surface area contributed by atoms with Crippen molar-refractivity contribution in [3.8, 4) is 0 Å². The largest absolute Gasteiger partial charge is 0.326 e. The molecular formula is C12H17N3O2S3. The summed E-state index contributed by atoms with van der Waals surface area (Å²) in [5, 5.41) is 0.762. The predicted molar refractivity (Wildman–Crippen MR) is 82.5 cm³/mol. The van der Waals surface area contributed by atoms with Gasteiger partial charge in [0.15, 0.2) is 0 Å². The van der Waals surface area contributed by atoms with Crippen LogP contribution in [0.15, 0.2) is 17.2 Å². The Morgan fingerprint density at radius 1 is 1.40 bits per heavy atom. The minimum absolute atomic E-state index is 0.308. The second-order valence-electron chi connectivity index (χ2n) is 4.49. The van der Waals surface area contributed by atoms with Gasteiger partial charge in [0.05, 0.1) is 10.9 Å². The zero-order valence-electron chi connectivity index (χ0n) is 11.5. The van der Waals surface area contributed by atoms with E-state index in [0.29, 0.717) is 11.4 Å². The number of hydrogen-bond acceptors (Lipinski definition) is 6. The normalized spacial score (nSPS) is 13.6. The molecule has 2 aromatic rings. The molecule has 2 rings (SSSR count). The van der Waals surface area contributed by atoms with Gasteiger partial charge in [-0.15, -0.1) is 22.7 Å². The Bertz CT molecular complexity index is 703. The fraction of sp³-hybridized carbons (Fsp3) is 0.417. The van der Waals surface area contributed by atoms with Gasteiger partial charge in [-0.25, -0.2) is 18.1 Å². The van der Waals surface area contributed by atoms with Crippen molar-refractivity contribution in [1.29, 1.82) is 0 Å². The van der Waals surface area contributed by atoms with E-state index in [4.69, 9.17) is 5.73 Å². The highest BCUT2D eigenvalue weighted by Crippen LogP contribution is 2.27. The van der Waals surface area contributed by atoms with Crippen LogP contribution in [0.4, 0.5) is 0 Å². The van der Waals surface area contributed by atoms with Gasteiger partial charge in [-0.2, -0.15) is 0 Å². The van der Waals surface area contributed by atoms with Crippen LogP contribution in [0.5, 0.6) is 0 Å². The van der Waals surface area contributed by atoms with Gasteiger partial charge < -0.3 is 5.73 Å². The molecule has 0 spiro atoms. The van der Waals surface area contributed by atoms with Crippen molar-refractivity contribution < 1.29 is 8.42 Å². The number of rotatable bonds is 5. The fourth-order valence-electron chi connectivity index (χ4n) is 1.81. The highest BCUT2D eigenvalue weighted by molar-refractivity contribution is 7.89. The third kappa shape index (κ3) is 3.26. The lowest BCUT2D eigenvalue weighted by Gasteiger charge is -2.11. The number of thiazole rings is 1. The lowest BCUT2D eigenvalue weighted by Crippen LogP contribution is -2.27. The molecule has 3 N–H and O–H groups in total. The van der Waals surface area contributed by atoms with E-state index >= 15 is 0 Å². The average molecular weight is 331 g/mol. The zero-order chi connectivity index (χ0) is 14.9. The van der Waals surface area contributed by atoms with Crippen LogP contribution in [-0.2, 0) is 16.6 Å². The predicted octanol–water partition coefficient (Wildman–Crippen LogP) is 2.32. The second kappa shape index (κ2) is 5.90. The summed E-state index contributed by atoms with van der Waals surface area (Å²) in [7, 11) is -3.55. The van der Waals surface area contributed by atoms with Crippen molar-refractivity contribution in [1.82, 2.24) is 9.71 Å². The van der Waals surface area contributed by atoms with Crippen LogP contribution >= 0.6 is 22.7 Å². The minimum atomic E-state index is -3.55. The van der Waals surface area contributed by atoms with Crippen LogP contribution < -0.4 is 10.5 Å². The molecule has 0 aliphatic carbocycles. The third-order valence-corrected chi connectivity index (χ3v) is 6.72. The molecular weight excluding hydrogens is 314 g/mol. The SMILES string of the molecule is Cc1cnc(C(C)NS(=O)(=O)c2cc(CN)sc2C)s1. The first kappa shape index (κ1) is 15.6. The van der Waals surface area contributed by atoms with E-state index in [9.17, 15) is 8.42 Å². The van der Waals surface area contributed by atoms with Gasteiger partial charge in [-0.3, -0.25) is 0 Å². The van der Waals surface area contributed by atoms with Gasteiger partial charge in [-0.05, 0) is 26.8 Å². The molecule has 5 nitrogen and oxygen atoms in total. The summed E-state index contributed by atoms with van der Waals surface area (Å²) in [5.74, 6) is 0. The highest BCUT2D eigenvalue weighted by Gasteiger charge is 2.23. The molecule has 0 amide bonds. The molecule has 8 heteroatoms. The Hall–Kier alpha value is -0.800. The van der Waals surface area contributed by atoms with E-state index in [1.165, 1.54) is 22.7 Å². The van der Waals surface area contributed by atoms with Crippen LogP contribution in [0, 0.1) is 13.8 Å². The van der Waals surface area contributed by atoms with E-state index in [0.717, 1.165) is 19.6 Å². The molecule has 110 valence electrons. The summed E-state index contributed by atoms with van der Waals surface area (Å²) in [4.78, 5) is 7.19. The van der Waals surface area contributed by atoms with Gasteiger partial charge >= 0.3 is 0 Å². The van der Waals surface area contributed by atoms with Gasteiger partial charge in [-0.1, -0.05) is 0 Å². The molecule has 20 heavy (non-hydrogen) atoms. The summed E-state index contributed by atoms with van der Waals surface area (Å²) in [6.07, 6.45) is 1.74. The first-order chi connectivity index (χ1) is 9.33. The quantitative estimate of drug-likeness (QED) is 0.880. The average Bonchev–Trinajstić information content (AvgIpc) is 2.95. The van der Waals surface area contributed by atoms with Crippen molar-refractivity contribution in [2.75, 3.05) is 0 Å². The van der Waals surface area contributed by atoms with E-state index in [2.05, 4.69) is 9.71 Å².